The summed E-state index contributed by atoms with van der Waals surface area (Å²) in [6, 6.07) is 7.48. The molecule has 2 aliphatic heterocycles. The molecule has 0 spiro atoms. The number of aromatic amines is 1. The summed E-state index contributed by atoms with van der Waals surface area (Å²) in [5, 5.41) is 0.625. The van der Waals surface area contributed by atoms with Gasteiger partial charge in [-0.15, -0.1) is 0 Å². The minimum atomic E-state index is -0.0841. The molecule has 0 aliphatic carbocycles. The molecule has 7 heteroatoms. The van der Waals surface area contributed by atoms with Crippen LogP contribution in [0.3, 0.4) is 0 Å². The van der Waals surface area contributed by atoms with Crippen molar-refractivity contribution >= 4 is 16.8 Å². The number of amides is 1. The number of hydrogen-bond acceptors (Lipinski definition) is 5. The minimum absolute atomic E-state index is 0.0377. The fraction of sp³-hybridized carbons (Fsp3) is 0.591. The smallest absolute Gasteiger partial charge is 0.258 e. The van der Waals surface area contributed by atoms with Crippen LogP contribution >= 0.6 is 0 Å². The highest BCUT2D eigenvalue weighted by Gasteiger charge is 2.26. The van der Waals surface area contributed by atoms with E-state index in [4.69, 9.17) is 0 Å². The first-order valence-corrected chi connectivity index (χ1v) is 10.8. The van der Waals surface area contributed by atoms with Crippen LogP contribution in [0, 0.1) is 0 Å². The topological polar surface area (TPSA) is 72.5 Å². The molecule has 2 aliphatic rings. The molecule has 3 heterocycles. The van der Waals surface area contributed by atoms with Crippen LogP contribution in [-0.4, -0.2) is 76.4 Å². The summed E-state index contributed by atoms with van der Waals surface area (Å²) < 4.78 is 0. The Hall–Kier alpha value is -2.25. The number of benzene rings is 1. The molecular weight excluding hydrogens is 366 g/mol. The van der Waals surface area contributed by atoms with Crippen molar-refractivity contribution in [3.05, 3.63) is 40.4 Å². The second-order valence-corrected chi connectivity index (χ2v) is 8.25. The van der Waals surface area contributed by atoms with Crippen LogP contribution in [0.25, 0.3) is 10.9 Å². The molecule has 0 radical (unpaired) electrons. The van der Waals surface area contributed by atoms with Gasteiger partial charge in [0.2, 0.25) is 5.91 Å². The second kappa shape index (κ2) is 9.05. The summed E-state index contributed by atoms with van der Waals surface area (Å²) in [6.45, 7) is 7.89. The summed E-state index contributed by atoms with van der Waals surface area (Å²) in [7, 11) is 0. The normalized spacial score (nSPS) is 20.5. The van der Waals surface area contributed by atoms with Crippen LogP contribution in [0.4, 0.5) is 0 Å². The lowest BCUT2D eigenvalue weighted by Gasteiger charge is -2.38. The highest BCUT2D eigenvalue weighted by molar-refractivity contribution is 5.78. The third kappa shape index (κ3) is 4.67. The number of nitrogens with zero attached hydrogens (tertiary/aromatic N) is 4. The van der Waals surface area contributed by atoms with Crippen molar-refractivity contribution in [3.63, 3.8) is 0 Å². The number of fused-ring (bicyclic) bond motifs is 1. The maximum Gasteiger partial charge on any atom is 0.258 e. The lowest BCUT2D eigenvalue weighted by atomic mass is 10.2. The maximum absolute atomic E-state index is 12.6. The Labute approximate surface area is 171 Å². The highest BCUT2D eigenvalue weighted by atomic mass is 16.2. The molecule has 0 unspecified atom stereocenters. The standard InChI is InChI=1S/C22H31N5O2/c1-17(21-23-19-9-5-4-8-18(19)22(29)24-21)26-14-12-25(13-15-26)16-20(28)27-10-6-2-3-7-11-27/h4-5,8-9,17H,2-3,6-7,10-16H2,1H3,(H,23,24,29)/t17-/m1/s1. The van der Waals surface area contributed by atoms with Crippen LogP contribution in [0.15, 0.2) is 29.1 Å². The molecule has 1 atom stereocenters. The Balaban J connectivity index is 1.34. The zero-order valence-electron chi connectivity index (χ0n) is 17.3. The summed E-state index contributed by atoms with van der Waals surface area (Å²) in [4.78, 5) is 39.3. The summed E-state index contributed by atoms with van der Waals surface area (Å²) in [5.74, 6) is 0.983. The van der Waals surface area contributed by atoms with E-state index in [2.05, 4.69) is 26.7 Å². The molecule has 0 saturated carbocycles. The Morgan fingerprint density at radius 3 is 2.45 bits per heavy atom. The number of para-hydroxylation sites is 1. The summed E-state index contributed by atoms with van der Waals surface area (Å²) in [5.41, 5.74) is 0.652. The molecule has 1 aromatic carbocycles. The van der Waals surface area contributed by atoms with Crippen LogP contribution in [0.2, 0.25) is 0 Å². The molecule has 1 aromatic heterocycles. The zero-order chi connectivity index (χ0) is 20.2. The molecule has 1 N–H and O–H groups in total. The van der Waals surface area contributed by atoms with E-state index in [1.165, 1.54) is 12.8 Å². The predicted molar refractivity (Wildman–Crippen MR) is 114 cm³/mol. The van der Waals surface area contributed by atoms with Gasteiger partial charge >= 0.3 is 0 Å². The molecule has 156 valence electrons. The lowest BCUT2D eigenvalue weighted by molar-refractivity contribution is -0.132. The van der Waals surface area contributed by atoms with Gasteiger partial charge in [-0.25, -0.2) is 4.98 Å². The SMILES string of the molecule is C[C@H](c1nc2ccccc2c(=O)[nH]1)N1CCN(CC(=O)N2CCCCCC2)CC1. The molecule has 4 rings (SSSR count). The van der Waals surface area contributed by atoms with Crippen molar-refractivity contribution in [2.75, 3.05) is 45.8 Å². The monoisotopic (exact) mass is 397 g/mol. The molecule has 2 fully saturated rings. The summed E-state index contributed by atoms with van der Waals surface area (Å²) >= 11 is 0. The van der Waals surface area contributed by atoms with Crippen molar-refractivity contribution in [2.45, 2.75) is 38.6 Å². The summed E-state index contributed by atoms with van der Waals surface area (Å²) in [6.07, 6.45) is 4.75. The first-order valence-electron chi connectivity index (χ1n) is 10.8. The van der Waals surface area contributed by atoms with E-state index in [-0.39, 0.29) is 17.5 Å². The largest absolute Gasteiger partial charge is 0.342 e. The van der Waals surface area contributed by atoms with E-state index in [0.29, 0.717) is 17.8 Å². The number of likely N-dealkylation sites (tertiary alicyclic amines) is 1. The average Bonchev–Trinajstić information content (AvgIpc) is 3.03. The van der Waals surface area contributed by atoms with Gasteiger partial charge in [-0.3, -0.25) is 19.4 Å². The first kappa shape index (κ1) is 20.0. The van der Waals surface area contributed by atoms with Gasteiger partial charge in [-0.05, 0) is 31.9 Å². The van der Waals surface area contributed by atoms with Crippen molar-refractivity contribution in [1.82, 2.24) is 24.7 Å². The number of H-pyrrole nitrogens is 1. The van der Waals surface area contributed by atoms with Crippen molar-refractivity contribution < 1.29 is 4.79 Å². The van der Waals surface area contributed by atoms with E-state index in [9.17, 15) is 9.59 Å². The van der Waals surface area contributed by atoms with Crippen LogP contribution in [-0.2, 0) is 4.79 Å². The third-order valence-electron chi connectivity index (χ3n) is 6.30. The number of aromatic nitrogens is 2. The van der Waals surface area contributed by atoms with Gasteiger partial charge in [-0.1, -0.05) is 25.0 Å². The predicted octanol–water partition coefficient (Wildman–Crippen LogP) is 2.00. The quantitative estimate of drug-likeness (QED) is 0.854. The lowest BCUT2D eigenvalue weighted by Crippen LogP contribution is -2.50. The van der Waals surface area contributed by atoms with Crippen LogP contribution in [0.5, 0.6) is 0 Å². The van der Waals surface area contributed by atoms with Gasteiger partial charge in [0.15, 0.2) is 0 Å². The molecule has 0 bridgehead atoms. The molecule has 2 saturated heterocycles. The zero-order valence-corrected chi connectivity index (χ0v) is 17.3. The maximum atomic E-state index is 12.6. The van der Waals surface area contributed by atoms with E-state index in [1.807, 2.05) is 23.1 Å². The average molecular weight is 398 g/mol. The third-order valence-corrected chi connectivity index (χ3v) is 6.30. The van der Waals surface area contributed by atoms with Crippen LogP contribution in [0.1, 0.15) is 44.5 Å². The van der Waals surface area contributed by atoms with Gasteiger partial charge in [0.25, 0.3) is 5.56 Å². The number of hydrogen-bond donors (Lipinski definition) is 1. The number of carbonyl (C=O) groups excluding carboxylic acids is 1. The molecule has 1 amide bonds. The van der Waals surface area contributed by atoms with Gasteiger partial charge in [0.05, 0.1) is 23.5 Å². The van der Waals surface area contributed by atoms with Crippen molar-refractivity contribution in [3.8, 4) is 0 Å². The first-order chi connectivity index (χ1) is 14.1. The van der Waals surface area contributed by atoms with Gasteiger partial charge < -0.3 is 9.88 Å². The Morgan fingerprint density at radius 1 is 1.03 bits per heavy atom. The Kier molecular flexibility index (Phi) is 6.25. The number of piperazine rings is 1. The van der Waals surface area contributed by atoms with E-state index >= 15 is 0 Å². The fourth-order valence-electron chi connectivity index (χ4n) is 4.40. The Bertz CT molecular complexity index is 895. The minimum Gasteiger partial charge on any atom is -0.342 e. The molecule has 7 nitrogen and oxygen atoms in total. The number of carbonyl (C=O) groups is 1. The van der Waals surface area contributed by atoms with E-state index in [0.717, 1.165) is 57.6 Å². The fourth-order valence-corrected chi connectivity index (χ4v) is 4.40. The molecule has 29 heavy (non-hydrogen) atoms. The van der Waals surface area contributed by atoms with Crippen LogP contribution < -0.4 is 5.56 Å². The highest BCUT2D eigenvalue weighted by Crippen LogP contribution is 2.19. The van der Waals surface area contributed by atoms with Gasteiger partial charge in [-0.2, -0.15) is 0 Å². The van der Waals surface area contributed by atoms with Gasteiger partial charge in [0, 0.05) is 39.3 Å². The molecular formula is C22H31N5O2. The van der Waals surface area contributed by atoms with E-state index < -0.39 is 0 Å². The second-order valence-electron chi connectivity index (χ2n) is 8.25. The van der Waals surface area contributed by atoms with Gasteiger partial charge in [0.1, 0.15) is 5.82 Å². The van der Waals surface area contributed by atoms with E-state index in [1.54, 1.807) is 6.07 Å². The van der Waals surface area contributed by atoms with Crippen molar-refractivity contribution in [2.24, 2.45) is 0 Å². The van der Waals surface area contributed by atoms with Crippen molar-refractivity contribution in [1.29, 1.82) is 0 Å². The number of rotatable bonds is 4. The molecule has 2 aromatic rings. The number of nitrogens with one attached hydrogen (secondary N) is 1. The Morgan fingerprint density at radius 2 is 1.72 bits per heavy atom.